The lowest BCUT2D eigenvalue weighted by atomic mass is 9.94. The van der Waals surface area contributed by atoms with Crippen LogP contribution in [0.25, 0.3) is 0 Å². The lowest BCUT2D eigenvalue weighted by Gasteiger charge is -2.12. The van der Waals surface area contributed by atoms with Crippen molar-refractivity contribution < 1.29 is 9.32 Å². The first-order valence-electron chi connectivity index (χ1n) is 9.31. The van der Waals surface area contributed by atoms with Gasteiger partial charge < -0.3 is 9.42 Å². The average molecular weight is 374 g/mol. The van der Waals surface area contributed by atoms with Gasteiger partial charge in [-0.15, -0.1) is 0 Å². The minimum Gasteiger partial charge on any atom is -0.344 e. The molecular formula is C22H22N4O2. The first-order valence-corrected chi connectivity index (χ1v) is 9.31. The minimum atomic E-state index is -0.00827. The van der Waals surface area contributed by atoms with Crippen molar-refractivity contribution in [3.05, 3.63) is 83.0 Å². The molecule has 0 saturated carbocycles. The predicted molar refractivity (Wildman–Crippen MR) is 109 cm³/mol. The van der Waals surface area contributed by atoms with Crippen LogP contribution in [0.3, 0.4) is 0 Å². The van der Waals surface area contributed by atoms with Gasteiger partial charge in [-0.25, -0.2) is 0 Å². The number of ketones is 1. The van der Waals surface area contributed by atoms with Crippen LogP contribution >= 0.6 is 0 Å². The van der Waals surface area contributed by atoms with Crippen molar-refractivity contribution in [3.63, 3.8) is 0 Å². The van der Waals surface area contributed by atoms with E-state index < -0.39 is 0 Å². The second-order valence-corrected chi connectivity index (χ2v) is 6.91. The third-order valence-corrected chi connectivity index (χ3v) is 4.95. The van der Waals surface area contributed by atoms with Crippen LogP contribution in [0.1, 0.15) is 40.0 Å². The van der Waals surface area contributed by atoms with Gasteiger partial charge in [0, 0.05) is 36.7 Å². The zero-order valence-electron chi connectivity index (χ0n) is 15.9. The molecule has 1 aromatic heterocycles. The number of benzene rings is 2. The highest BCUT2D eigenvalue weighted by Crippen LogP contribution is 2.27. The number of nitrogens with one attached hydrogen (secondary N) is 1. The molecule has 6 nitrogen and oxygen atoms in total. The Morgan fingerprint density at radius 3 is 2.64 bits per heavy atom. The van der Waals surface area contributed by atoms with E-state index in [9.17, 15) is 4.79 Å². The highest BCUT2D eigenvalue weighted by molar-refractivity contribution is 6.09. The Morgan fingerprint density at radius 1 is 1.11 bits per heavy atom. The van der Waals surface area contributed by atoms with E-state index in [-0.39, 0.29) is 11.7 Å². The molecule has 2 heterocycles. The molecule has 3 aromatic rings. The van der Waals surface area contributed by atoms with E-state index in [2.05, 4.69) is 15.5 Å². The zero-order chi connectivity index (χ0) is 19.5. The summed E-state index contributed by atoms with van der Waals surface area (Å²) >= 11 is 0. The largest absolute Gasteiger partial charge is 0.344 e. The number of likely N-dealkylation sites (N-methyl/N-ethyl adjacent to an activating group) is 1. The first kappa shape index (κ1) is 18.0. The molecule has 0 spiro atoms. The van der Waals surface area contributed by atoms with Gasteiger partial charge in [0.05, 0.1) is 12.2 Å². The normalized spacial score (nSPS) is 14.6. The molecule has 28 heavy (non-hydrogen) atoms. The van der Waals surface area contributed by atoms with Gasteiger partial charge in [0.1, 0.15) is 0 Å². The zero-order valence-corrected chi connectivity index (χ0v) is 15.9. The molecule has 1 aliphatic rings. The minimum absolute atomic E-state index is 0.00827. The first-order chi connectivity index (χ1) is 13.6. The van der Waals surface area contributed by atoms with Crippen LogP contribution in [0.2, 0.25) is 0 Å². The molecule has 0 radical (unpaired) electrons. The van der Waals surface area contributed by atoms with E-state index >= 15 is 0 Å². The summed E-state index contributed by atoms with van der Waals surface area (Å²) in [4.78, 5) is 19.1. The highest BCUT2D eigenvalue weighted by Gasteiger charge is 2.19. The lowest BCUT2D eigenvalue weighted by molar-refractivity contribution is 0.103. The second-order valence-electron chi connectivity index (χ2n) is 6.91. The van der Waals surface area contributed by atoms with Gasteiger partial charge >= 0.3 is 0 Å². The molecule has 0 aliphatic carbocycles. The molecule has 142 valence electrons. The Balaban J connectivity index is 1.52. The van der Waals surface area contributed by atoms with Gasteiger partial charge in [-0.05, 0) is 11.6 Å². The van der Waals surface area contributed by atoms with Crippen LogP contribution in [0.15, 0.2) is 70.2 Å². The summed E-state index contributed by atoms with van der Waals surface area (Å²) < 4.78 is 5.43. The topological polar surface area (TPSA) is 70.7 Å². The fraction of sp³-hybridized carbons (Fsp3) is 0.227. The monoisotopic (exact) mass is 374 g/mol. The Bertz CT molecular complexity index is 1010. The summed E-state index contributed by atoms with van der Waals surface area (Å²) in [6.07, 6.45) is 0. The average Bonchev–Trinajstić information content (AvgIpc) is 3.37. The van der Waals surface area contributed by atoms with Crippen molar-refractivity contribution >= 4 is 17.6 Å². The molecule has 1 unspecified atom stereocenters. The molecule has 1 N–H and O–H groups in total. The van der Waals surface area contributed by atoms with E-state index in [0.717, 1.165) is 30.3 Å². The van der Waals surface area contributed by atoms with E-state index in [1.165, 1.54) is 0 Å². The van der Waals surface area contributed by atoms with Gasteiger partial charge in [0.15, 0.2) is 5.78 Å². The Labute approximate surface area is 163 Å². The molecule has 0 fully saturated rings. The van der Waals surface area contributed by atoms with Crippen LogP contribution in [0.4, 0.5) is 5.88 Å². The summed E-state index contributed by atoms with van der Waals surface area (Å²) in [6, 6.07) is 18.9. The second kappa shape index (κ2) is 7.68. The smallest absolute Gasteiger partial charge is 0.231 e. The summed E-state index contributed by atoms with van der Waals surface area (Å²) in [5, 5.41) is 7.36. The maximum Gasteiger partial charge on any atom is 0.231 e. The number of hydrogen-bond donors (Lipinski definition) is 1. The van der Waals surface area contributed by atoms with E-state index in [0.29, 0.717) is 17.0 Å². The molecule has 1 atom stereocenters. The summed E-state index contributed by atoms with van der Waals surface area (Å²) in [6.45, 7) is 3.72. The lowest BCUT2D eigenvalue weighted by Crippen LogP contribution is -2.28. The maximum atomic E-state index is 12.7. The fourth-order valence-electron chi connectivity index (χ4n) is 3.21. The van der Waals surface area contributed by atoms with Crippen molar-refractivity contribution in [2.75, 3.05) is 25.5 Å². The SMILES string of the molecule is CC(c1cccc(C(=O)c2ccccc2)c1)c1cc(NC2=NCCN2C)on1. The summed E-state index contributed by atoms with van der Waals surface area (Å²) in [7, 11) is 1.98. The summed E-state index contributed by atoms with van der Waals surface area (Å²) in [5.74, 6) is 1.35. The van der Waals surface area contributed by atoms with E-state index in [4.69, 9.17) is 4.52 Å². The van der Waals surface area contributed by atoms with Crippen molar-refractivity contribution in [2.24, 2.45) is 4.99 Å². The van der Waals surface area contributed by atoms with E-state index in [1.807, 2.05) is 79.5 Å². The molecule has 1 aliphatic heterocycles. The number of nitrogens with zero attached hydrogens (tertiary/aromatic N) is 3. The molecular weight excluding hydrogens is 352 g/mol. The fourth-order valence-corrected chi connectivity index (χ4v) is 3.21. The maximum absolute atomic E-state index is 12.7. The van der Waals surface area contributed by atoms with Crippen molar-refractivity contribution in [2.45, 2.75) is 12.8 Å². The van der Waals surface area contributed by atoms with Crippen LogP contribution in [0.5, 0.6) is 0 Å². The van der Waals surface area contributed by atoms with Crippen LogP contribution in [0, 0.1) is 0 Å². The predicted octanol–water partition coefficient (Wildman–Crippen LogP) is 3.77. The standard InChI is InChI=1S/C22H22N4O2/c1-15(19-14-20(28-25-19)24-22-23-11-12-26(22)2)17-9-6-10-18(13-17)21(27)16-7-4-3-5-8-16/h3-10,13-15H,11-12H2,1-2H3,(H,23,24). The molecule has 6 heteroatoms. The number of hydrogen-bond acceptors (Lipinski definition) is 6. The number of carbonyl (C=O) groups excluding carboxylic acids is 1. The molecule has 4 rings (SSSR count). The number of aliphatic imine (C=N–C) groups is 1. The van der Waals surface area contributed by atoms with Gasteiger partial charge in [0.2, 0.25) is 11.8 Å². The van der Waals surface area contributed by atoms with E-state index in [1.54, 1.807) is 0 Å². The Morgan fingerprint density at radius 2 is 1.89 bits per heavy atom. The van der Waals surface area contributed by atoms with Gasteiger partial charge in [-0.1, -0.05) is 60.6 Å². The number of guanidine groups is 1. The van der Waals surface area contributed by atoms with Crippen LogP contribution in [-0.4, -0.2) is 41.9 Å². The quantitative estimate of drug-likeness (QED) is 0.689. The third kappa shape index (κ3) is 3.67. The number of rotatable bonds is 5. The summed E-state index contributed by atoms with van der Waals surface area (Å²) in [5.41, 5.74) is 3.16. The Kier molecular flexibility index (Phi) is 4.93. The third-order valence-electron chi connectivity index (χ3n) is 4.95. The van der Waals surface area contributed by atoms with Crippen molar-refractivity contribution in [3.8, 4) is 0 Å². The van der Waals surface area contributed by atoms with Crippen LogP contribution < -0.4 is 5.32 Å². The van der Waals surface area contributed by atoms with Crippen LogP contribution in [-0.2, 0) is 0 Å². The number of carbonyl (C=O) groups is 1. The number of aromatic nitrogens is 1. The number of anilines is 1. The van der Waals surface area contributed by atoms with Crippen molar-refractivity contribution in [1.82, 2.24) is 10.1 Å². The molecule has 2 aromatic carbocycles. The highest BCUT2D eigenvalue weighted by atomic mass is 16.5. The Hall–Kier alpha value is -3.41. The van der Waals surface area contributed by atoms with Gasteiger partial charge in [-0.3, -0.25) is 15.1 Å². The molecule has 0 amide bonds. The molecule has 0 saturated heterocycles. The van der Waals surface area contributed by atoms with Crippen molar-refractivity contribution in [1.29, 1.82) is 0 Å². The molecule has 0 bridgehead atoms. The van der Waals surface area contributed by atoms with Gasteiger partial charge in [0.25, 0.3) is 0 Å². The van der Waals surface area contributed by atoms with Gasteiger partial charge in [-0.2, -0.15) is 0 Å².